The zero-order valence-electron chi connectivity index (χ0n) is 11.4. The lowest BCUT2D eigenvalue weighted by atomic mass is 9.96. The molecule has 1 aliphatic rings. The highest BCUT2D eigenvalue weighted by atomic mass is 32.2. The number of furan rings is 1. The summed E-state index contributed by atoms with van der Waals surface area (Å²) in [4.78, 5) is 0. The van der Waals surface area contributed by atoms with Gasteiger partial charge in [0.05, 0.1) is 6.04 Å². The molecule has 0 spiro atoms. The van der Waals surface area contributed by atoms with Gasteiger partial charge in [0.2, 0.25) is 0 Å². The molecule has 3 rings (SSSR count). The van der Waals surface area contributed by atoms with E-state index < -0.39 is 0 Å². The minimum absolute atomic E-state index is 0.377. The van der Waals surface area contributed by atoms with E-state index in [1.54, 1.807) is 0 Å². The molecule has 2 nitrogen and oxygen atoms in total. The zero-order chi connectivity index (χ0) is 13.1. The Hall–Kier alpha value is -0.930. The Bertz CT molecular complexity index is 497. The summed E-state index contributed by atoms with van der Waals surface area (Å²) < 4.78 is 6.07. The predicted octanol–water partition coefficient (Wildman–Crippen LogP) is 4.23. The molecule has 1 fully saturated rings. The van der Waals surface area contributed by atoms with Crippen LogP contribution < -0.4 is 5.32 Å². The van der Waals surface area contributed by atoms with E-state index in [9.17, 15) is 0 Å². The van der Waals surface area contributed by atoms with Crippen LogP contribution in [0.4, 0.5) is 0 Å². The molecule has 2 heterocycles. The fourth-order valence-electron chi connectivity index (χ4n) is 2.77. The molecule has 102 valence electrons. The Morgan fingerprint density at radius 3 is 3.05 bits per heavy atom. The van der Waals surface area contributed by atoms with Crippen molar-refractivity contribution in [3.8, 4) is 0 Å². The summed E-state index contributed by atoms with van der Waals surface area (Å²) in [5.74, 6) is 4.35. The Kier molecular flexibility index (Phi) is 4.14. The highest BCUT2D eigenvalue weighted by Gasteiger charge is 2.28. The van der Waals surface area contributed by atoms with Crippen LogP contribution in [0.15, 0.2) is 34.7 Å². The van der Waals surface area contributed by atoms with Gasteiger partial charge in [-0.1, -0.05) is 25.1 Å². The lowest BCUT2D eigenvalue weighted by Crippen LogP contribution is -2.28. The molecule has 0 saturated carbocycles. The van der Waals surface area contributed by atoms with Crippen molar-refractivity contribution >= 4 is 22.7 Å². The average Bonchev–Trinajstić information content (AvgIpc) is 3.08. The van der Waals surface area contributed by atoms with Gasteiger partial charge in [-0.2, -0.15) is 11.8 Å². The number of para-hydroxylation sites is 1. The Morgan fingerprint density at radius 1 is 1.42 bits per heavy atom. The van der Waals surface area contributed by atoms with Crippen LogP contribution in [0.1, 0.15) is 31.6 Å². The first-order valence-corrected chi connectivity index (χ1v) is 8.33. The van der Waals surface area contributed by atoms with Gasteiger partial charge in [-0.05, 0) is 48.9 Å². The molecule has 1 aromatic carbocycles. The van der Waals surface area contributed by atoms with Gasteiger partial charge in [0, 0.05) is 5.39 Å². The number of hydrogen-bond acceptors (Lipinski definition) is 3. The highest BCUT2D eigenvalue weighted by Crippen LogP contribution is 2.36. The van der Waals surface area contributed by atoms with Gasteiger partial charge < -0.3 is 9.73 Å². The molecule has 2 unspecified atom stereocenters. The molecule has 0 radical (unpaired) electrons. The maximum atomic E-state index is 6.07. The van der Waals surface area contributed by atoms with Crippen LogP contribution in [0, 0.1) is 5.92 Å². The van der Waals surface area contributed by atoms with Crippen molar-refractivity contribution in [3.05, 3.63) is 36.1 Å². The van der Waals surface area contributed by atoms with Crippen molar-refractivity contribution in [2.75, 3.05) is 18.1 Å². The molecule has 0 bridgehead atoms. The van der Waals surface area contributed by atoms with Crippen molar-refractivity contribution in [1.29, 1.82) is 0 Å². The van der Waals surface area contributed by atoms with Gasteiger partial charge in [0.15, 0.2) is 0 Å². The molecule has 2 atom stereocenters. The van der Waals surface area contributed by atoms with Gasteiger partial charge in [-0.15, -0.1) is 0 Å². The number of benzene rings is 1. The number of thioether (sulfide) groups is 1. The largest absolute Gasteiger partial charge is 0.459 e. The second kappa shape index (κ2) is 6.02. The van der Waals surface area contributed by atoms with Gasteiger partial charge >= 0.3 is 0 Å². The SMILES string of the molecule is CCCNC(c1cc2ccccc2o1)C1CCSC1. The topological polar surface area (TPSA) is 25.2 Å². The number of fused-ring (bicyclic) bond motifs is 1. The summed E-state index contributed by atoms with van der Waals surface area (Å²) >= 11 is 2.06. The van der Waals surface area contributed by atoms with E-state index >= 15 is 0 Å². The molecule has 1 aliphatic heterocycles. The third-order valence-electron chi connectivity index (χ3n) is 3.80. The standard InChI is InChI=1S/C16H21NOS/c1-2-8-17-16(13-7-9-19-11-13)15-10-12-5-3-4-6-14(12)18-15/h3-6,10,13,16-17H,2,7-9,11H2,1H3. The first-order chi connectivity index (χ1) is 9.38. The third kappa shape index (κ3) is 2.82. The van der Waals surface area contributed by atoms with E-state index in [1.807, 2.05) is 6.07 Å². The smallest absolute Gasteiger partial charge is 0.134 e. The van der Waals surface area contributed by atoms with E-state index in [1.165, 1.54) is 23.3 Å². The van der Waals surface area contributed by atoms with Crippen molar-refractivity contribution < 1.29 is 4.42 Å². The van der Waals surface area contributed by atoms with Crippen LogP contribution in [0.2, 0.25) is 0 Å². The van der Waals surface area contributed by atoms with E-state index in [0.29, 0.717) is 12.0 Å². The zero-order valence-corrected chi connectivity index (χ0v) is 12.2. The van der Waals surface area contributed by atoms with Gasteiger partial charge in [-0.25, -0.2) is 0 Å². The molecule has 1 aromatic heterocycles. The third-order valence-corrected chi connectivity index (χ3v) is 4.99. The molecule has 1 saturated heterocycles. The Balaban J connectivity index is 1.88. The maximum Gasteiger partial charge on any atom is 0.134 e. The fourth-order valence-corrected chi connectivity index (χ4v) is 4.07. The summed E-state index contributed by atoms with van der Waals surface area (Å²) in [6.45, 7) is 3.27. The first kappa shape index (κ1) is 13.1. The summed E-state index contributed by atoms with van der Waals surface area (Å²) in [6.07, 6.45) is 2.46. The fraction of sp³-hybridized carbons (Fsp3) is 0.500. The van der Waals surface area contributed by atoms with Crippen LogP contribution in [-0.4, -0.2) is 18.1 Å². The van der Waals surface area contributed by atoms with Crippen molar-refractivity contribution in [1.82, 2.24) is 5.32 Å². The van der Waals surface area contributed by atoms with Crippen LogP contribution in [0.25, 0.3) is 11.0 Å². The molecule has 19 heavy (non-hydrogen) atoms. The monoisotopic (exact) mass is 275 g/mol. The van der Waals surface area contributed by atoms with Gasteiger partial charge in [0.25, 0.3) is 0 Å². The van der Waals surface area contributed by atoms with E-state index in [0.717, 1.165) is 24.3 Å². The summed E-state index contributed by atoms with van der Waals surface area (Å²) in [7, 11) is 0. The summed E-state index contributed by atoms with van der Waals surface area (Å²) in [5.41, 5.74) is 1.01. The van der Waals surface area contributed by atoms with E-state index in [-0.39, 0.29) is 0 Å². The second-order valence-electron chi connectivity index (χ2n) is 5.24. The molecule has 2 aromatic rings. The van der Waals surface area contributed by atoms with Crippen LogP contribution in [0.5, 0.6) is 0 Å². The Morgan fingerprint density at radius 2 is 2.32 bits per heavy atom. The molecule has 3 heteroatoms. The molecule has 0 aliphatic carbocycles. The predicted molar refractivity (Wildman–Crippen MR) is 82.7 cm³/mol. The number of hydrogen-bond donors (Lipinski definition) is 1. The number of rotatable bonds is 5. The number of nitrogens with one attached hydrogen (secondary N) is 1. The molecule has 0 amide bonds. The van der Waals surface area contributed by atoms with Crippen molar-refractivity contribution in [2.45, 2.75) is 25.8 Å². The second-order valence-corrected chi connectivity index (χ2v) is 6.39. The molecule has 1 N–H and O–H groups in total. The lowest BCUT2D eigenvalue weighted by Gasteiger charge is -2.22. The van der Waals surface area contributed by atoms with Crippen molar-refractivity contribution in [3.63, 3.8) is 0 Å². The maximum absolute atomic E-state index is 6.07. The van der Waals surface area contributed by atoms with Crippen LogP contribution in [-0.2, 0) is 0 Å². The van der Waals surface area contributed by atoms with Crippen molar-refractivity contribution in [2.24, 2.45) is 5.92 Å². The quantitative estimate of drug-likeness (QED) is 0.884. The van der Waals surface area contributed by atoms with Gasteiger partial charge in [-0.3, -0.25) is 0 Å². The Labute approximate surface area is 118 Å². The van der Waals surface area contributed by atoms with Crippen LogP contribution >= 0.6 is 11.8 Å². The molecular formula is C16H21NOS. The van der Waals surface area contributed by atoms with Crippen LogP contribution in [0.3, 0.4) is 0 Å². The molecular weight excluding hydrogens is 254 g/mol. The average molecular weight is 275 g/mol. The van der Waals surface area contributed by atoms with E-state index in [4.69, 9.17) is 4.42 Å². The lowest BCUT2D eigenvalue weighted by molar-refractivity contribution is 0.338. The minimum Gasteiger partial charge on any atom is -0.459 e. The minimum atomic E-state index is 0.377. The summed E-state index contributed by atoms with van der Waals surface area (Å²) in [5, 5.41) is 4.90. The van der Waals surface area contributed by atoms with E-state index in [2.05, 4.69) is 48.3 Å². The van der Waals surface area contributed by atoms with Gasteiger partial charge in [0.1, 0.15) is 11.3 Å². The first-order valence-electron chi connectivity index (χ1n) is 7.18. The highest BCUT2D eigenvalue weighted by molar-refractivity contribution is 7.99. The normalized spacial score (nSPS) is 21.0. The summed E-state index contributed by atoms with van der Waals surface area (Å²) in [6, 6.07) is 10.9.